The summed E-state index contributed by atoms with van der Waals surface area (Å²) >= 11 is 0. The predicted molar refractivity (Wildman–Crippen MR) is 56.1 cm³/mol. The standard InChI is InChI=1S/C10H16N2O4/c1-6-7(2)16-9(12-6)4-11-8(5-15-3)10(13)14/h8,11H,4-5H2,1-3H3,(H,13,14). The van der Waals surface area contributed by atoms with Crippen LogP contribution in [0.5, 0.6) is 0 Å². The van der Waals surface area contributed by atoms with Crippen molar-refractivity contribution >= 4 is 5.97 Å². The van der Waals surface area contributed by atoms with Crippen LogP contribution in [0.25, 0.3) is 0 Å². The Morgan fingerprint density at radius 2 is 2.31 bits per heavy atom. The van der Waals surface area contributed by atoms with E-state index in [4.69, 9.17) is 14.3 Å². The highest BCUT2D eigenvalue weighted by Crippen LogP contribution is 2.07. The minimum absolute atomic E-state index is 0.105. The summed E-state index contributed by atoms with van der Waals surface area (Å²) in [5.41, 5.74) is 0.815. The number of oxazole rings is 1. The van der Waals surface area contributed by atoms with Crippen molar-refractivity contribution in [2.75, 3.05) is 13.7 Å². The molecule has 1 aromatic heterocycles. The van der Waals surface area contributed by atoms with Crippen LogP contribution in [0, 0.1) is 13.8 Å². The quantitative estimate of drug-likeness (QED) is 0.736. The van der Waals surface area contributed by atoms with Gasteiger partial charge < -0.3 is 14.3 Å². The molecule has 6 nitrogen and oxygen atoms in total. The molecule has 0 aromatic carbocycles. The number of hydrogen-bond donors (Lipinski definition) is 2. The lowest BCUT2D eigenvalue weighted by Crippen LogP contribution is -2.39. The van der Waals surface area contributed by atoms with E-state index >= 15 is 0 Å². The molecule has 6 heteroatoms. The van der Waals surface area contributed by atoms with Gasteiger partial charge in [-0.15, -0.1) is 0 Å². The summed E-state index contributed by atoms with van der Waals surface area (Å²) in [6.45, 7) is 4.03. The van der Waals surface area contributed by atoms with Crippen molar-refractivity contribution in [3.05, 3.63) is 17.3 Å². The maximum atomic E-state index is 10.8. The Bertz CT molecular complexity index is 342. The van der Waals surface area contributed by atoms with Gasteiger partial charge in [0.1, 0.15) is 11.8 Å². The summed E-state index contributed by atoms with van der Waals surface area (Å²) < 4.78 is 10.1. The number of aromatic nitrogens is 1. The minimum Gasteiger partial charge on any atom is -0.480 e. The molecule has 0 amide bonds. The van der Waals surface area contributed by atoms with Crippen LogP contribution >= 0.6 is 0 Å². The van der Waals surface area contributed by atoms with Crippen LogP contribution in [0.1, 0.15) is 17.3 Å². The van der Waals surface area contributed by atoms with Crippen molar-refractivity contribution in [1.82, 2.24) is 10.3 Å². The summed E-state index contributed by atoms with van der Waals surface area (Å²) in [4.78, 5) is 14.9. The molecule has 0 saturated heterocycles. The van der Waals surface area contributed by atoms with Gasteiger partial charge in [-0.05, 0) is 13.8 Å². The van der Waals surface area contributed by atoms with Crippen molar-refractivity contribution in [2.45, 2.75) is 26.4 Å². The van der Waals surface area contributed by atoms with Crippen LogP contribution in [-0.2, 0) is 16.1 Å². The van der Waals surface area contributed by atoms with E-state index in [0.717, 1.165) is 11.5 Å². The van der Waals surface area contributed by atoms with Crippen LogP contribution in [0.15, 0.2) is 4.42 Å². The molecule has 1 atom stereocenters. The Kier molecular flexibility index (Phi) is 4.45. The third-order valence-corrected chi connectivity index (χ3v) is 2.20. The monoisotopic (exact) mass is 228 g/mol. The second-order valence-electron chi connectivity index (χ2n) is 3.48. The SMILES string of the molecule is COCC(NCc1nc(C)c(C)o1)C(=O)O. The normalized spacial score (nSPS) is 12.7. The van der Waals surface area contributed by atoms with Gasteiger partial charge in [-0.3, -0.25) is 10.1 Å². The molecule has 0 aliphatic carbocycles. The highest BCUT2D eigenvalue weighted by Gasteiger charge is 2.17. The van der Waals surface area contributed by atoms with E-state index in [1.165, 1.54) is 7.11 Å². The number of methoxy groups -OCH3 is 1. The summed E-state index contributed by atoms with van der Waals surface area (Å²) in [7, 11) is 1.46. The van der Waals surface area contributed by atoms with E-state index in [2.05, 4.69) is 10.3 Å². The first-order valence-electron chi connectivity index (χ1n) is 4.92. The molecular formula is C10H16N2O4. The number of nitrogens with zero attached hydrogens (tertiary/aromatic N) is 1. The minimum atomic E-state index is -0.957. The topological polar surface area (TPSA) is 84.6 Å². The van der Waals surface area contributed by atoms with Crippen LogP contribution in [0.3, 0.4) is 0 Å². The van der Waals surface area contributed by atoms with Crippen LogP contribution in [0.2, 0.25) is 0 Å². The van der Waals surface area contributed by atoms with E-state index in [9.17, 15) is 4.79 Å². The lowest BCUT2D eigenvalue weighted by Gasteiger charge is -2.11. The Hall–Kier alpha value is -1.40. The number of aryl methyl sites for hydroxylation is 2. The van der Waals surface area contributed by atoms with E-state index < -0.39 is 12.0 Å². The van der Waals surface area contributed by atoms with Crippen LogP contribution in [-0.4, -0.2) is 35.8 Å². The van der Waals surface area contributed by atoms with E-state index in [0.29, 0.717) is 5.89 Å². The number of hydrogen-bond acceptors (Lipinski definition) is 5. The molecule has 90 valence electrons. The molecule has 2 N–H and O–H groups in total. The van der Waals surface area contributed by atoms with Gasteiger partial charge in [0, 0.05) is 7.11 Å². The number of nitrogens with one attached hydrogen (secondary N) is 1. The first-order chi connectivity index (χ1) is 7.54. The van der Waals surface area contributed by atoms with Crippen molar-refractivity contribution in [3.63, 3.8) is 0 Å². The second-order valence-corrected chi connectivity index (χ2v) is 3.48. The van der Waals surface area contributed by atoms with Gasteiger partial charge >= 0.3 is 5.97 Å². The maximum absolute atomic E-state index is 10.8. The van der Waals surface area contributed by atoms with Crippen molar-refractivity contribution in [1.29, 1.82) is 0 Å². The number of aliphatic carboxylic acids is 1. The fourth-order valence-electron chi connectivity index (χ4n) is 1.21. The fraction of sp³-hybridized carbons (Fsp3) is 0.600. The number of carboxylic acid groups (broad SMARTS) is 1. The molecule has 1 unspecified atom stereocenters. The molecule has 16 heavy (non-hydrogen) atoms. The molecular weight excluding hydrogens is 212 g/mol. The summed E-state index contributed by atoms with van der Waals surface area (Å²) in [5, 5.41) is 11.6. The Balaban J connectivity index is 2.51. The van der Waals surface area contributed by atoms with Crippen molar-refractivity contribution in [2.24, 2.45) is 0 Å². The third-order valence-electron chi connectivity index (χ3n) is 2.20. The number of carbonyl (C=O) groups is 1. The van der Waals surface area contributed by atoms with Crippen LogP contribution < -0.4 is 5.32 Å². The van der Waals surface area contributed by atoms with Gasteiger partial charge in [0.25, 0.3) is 0 Å². The molecule has 1 rings (SSSR count). The molecule has 1 aromatic rings. The summed E-state index contributed by atoms with van der Waals surface area (Å²) in [5.74, 6) is 0.273. The molecule has 0 spiro atoms. The first-order valence-corrected chi connectivity index (χ1v) is 4.92. The first kappa shape index (κ1) is 12.7. The van der Waals surface area contributed by atoms with Crippen molar-refractivity contribution in [3.8, 4) is 0 Å². The van der Waals surface area contributed by atoms with Gasteiger partial charge in [-0.25, -0.2) is 4.98 Å². The van der Waals surface area contributed by atoms with Gasteiger partial charge in [-0.1, -0.05) is 0 Å². The molecule has 1 heterocycles. The lowest BCUT2D eigenvalue weighted by molar-refractivity contribution is -0.140. The van der Waals surface area contributed by atoms with Gasteiger partial charge in [0.15, 0.2) is 0 Å². The summed E-state index contributed by atoms with van der Waals surface area (Å²) in [6, 6.07) is -0.752. The smallest absolute Gasteiger partial charge is 0.323 e. The highest BCUT2D eigenvalue weighted by atomic mass is 16.5. The number of rotatable bonds is 6. The van der Waals surface area contributed by atoms with Crippen LogP contribution in [0.4, 0.5) is 0 Å². The molecule has 0 aliphatic heterocycles. The van der Waals surface area contributed by atoms with E-state index in [-0.39, 0.29) is 13.2 Å². The molecule has 0 radical (unpaired) electrons. The Morgan fingerprint density at radius 1 is 1.62 bits per heavy atom. The Morgan fingerprint density at radius 3 is 2.75 bits per heavy atom. The molecule has 0 saturated carbocycles. The average molecular weight is 228 g/mol. The predicted octanol–water partition coefficient (Wildman–Crippen LogP) is 0.481. The zero-order chi connectivity index (χ0) is 12.1. The fourth-order valence-corrected chi connectivity index (χ4v) is 1.21. The molecule has 0 bridgehead atoms. The van der Waals surface area contributed by atoms with Gasteiger partial charge in [0.2, 0.25) is 5.89 Å². The number of carboxylic acids is 1. The average Bonchev–Trinajstić information content (AvgIpc) is 2.53. The van der Waals surface area contributed by atoms with Crippen molar-refractivity contribution < 1.29 is 19.1 Å². The maximum Gasteiger partial charge on any atom is 0.323 e. The second kappa shape index (κ2) is 5.62. The number of ether oxygens (including phenoxy) is 1. The van der Waals surface area contributed by atoms with E-state index in [1.807, 2.05) is 13.8 Å². The van der Waals surface area contributed by atoms with E-state index in [1.54, 1.807) is 0 Å². The third kappa shape index (κ3) is 3.32. The highest BCUT2D eigenvalue weighted by molar-refractivity contribution is 5.73. The Labute approximate surface area is 93.6 Å². The summed E-state index contributed by atoms with van der Waals surface area (Å²) in [6.07, 6.45) is 0. The van der Waals surface area contributed by atoms with Gasteiger partial charge in [-0.2, -0.15) is 0 Å². The molecule has 0 aliphatic rings. The zero-order valence-electron chi connectivity index (χ0n) is 9.61. The molecule has 0 fully saturated rings. The van der Waals surface area contributed by atoms with Gasteiger partial charge in [0.05, 0.1) is 18.8 Å². The zero-order valence-corrected chi connectivity index (χ0v) is 9.61. The largest absolute Gasteiger partial charge is 0.480 e. The lowest BCUT2D eigenvalue weighted by atomic mass is 10.3.